The monoisotopic (exact) mass is 194 g/mol. The molecule has 0 spiro atoms. The predicted molar refractivity (Wildman–Crippen MR) is 52.2 cm³/mol. The topological polar surface area (TPSA) is 26.3 Å². The van der Waals surface area contributed by atoms with Crippen molar-refractivity contribution in [2.75, 3.05) is 6.61 Å². The van der Waals surface area contributed by atoms with Gasteiger partial charge < -0.3 is 4.74 Å². The van der Waals surface area contributed by atoms with Gasteiger partial charge in [-0.1, -0.05) is 30.3 Å². The van der Waals surface area contributed by atoms with Crippen molar-refractivity contribution < 1.29 is 13.9 Å². The number of hydrogen-bond donors (Lipinski definition) is 0. The van der Waals surface area contributed by atoms with Crippen molar-refractivity contribution >= 4 is 11.5 Å². The lowest BCUT2D eigenvalue weighted by Crippen LogP contribution is -2.06. The smallest absolute Gasteiger partial charge is 0.341 e. The van der Waals surface area contributed by atoms with Crippen LogP contribution in [0.15, 0.2) is 36.7 Å². The first-order chi connectivity index (χ1) is 6.79. The van der Waals surface area contributed by atoms with E-state index in [0.717, 1.165) is 0 Å². The van der Waals surface area contributed by atoms with E-state index in [1.54, 1.807) is 37.3 Å². The zero-order valence-corrected chi connectivity index (χ0v) is 7.87. The van der Waals surface area contributed by atoms with Crippen molar-refractivity contribution in [2.45, 2.75) is 6.92 Å². The Morgan fingerprint density at radius 3 is 2.57 bits per heavy atom. The molecule has 0 aliphatic carbocycles. The van der Waals surface area contributed by atoms with E-state index in [9.17, 15) is 9.18 Å². The van der Waals surface area contributed by atoms with Gasteiger partial charge in [0.15, 0.2) is 0 Å². The van der Waals surface area contributed by atoms with Gasteiger partial charge in [0.2, 0.25) is 0 Å². The fourth-order valence-electron chi connectivity index (χ4n) is 1.05. The van der Waals surface area contributed by atoms with Crippen LogP contribution in [0.1, 0.15) is 12.5 Å². The van der Waals surface area contributed by atoms with Crippen LogP contribution < -0.4 is 0 Å². The molecule has 1 aromatic rings. The number of rotatable bonds is 3. The maximum Gasteiger partial charge on any atom is 0.341 e. The average Bonchev–Trinajstić information content (AvgIpc) is 2.21. The molecule has 0 bridgehead atoms. The third-order valence-corrected chi connectivity index (χ3v) is 1.69. The maximum atomic E-state index is 12.5. The van der Waals surface area contributed by atoms with Crippen molar-refractivity contribution in [3.63, 3.8) is 0 Å². The molecule has 0 amide bonds. The number of benzene rings is 1. The summed E-state index contributed by atoms with van der Waals surface area (Å²) < 4.78 is 17.2. The van der Waals surface area contributed by atoms with E-state index < -0.39 is 5.97 Å². The number of esters is 1. The number of hydrogen-bond acceptors (Lipinski definition) is 2. The molecule has 2 nitrogen and oxygen atoms in total. The normalized spacial score (nSPS) is 11.1. The van der Waals surface area contributed by atoms with Gasteiger partial charge in [0.1, 0.15) is 6.33 Å². The quantitative estimate of drug-likeness (QED) is 0.546. The molecular formula is C11H11FO2. The highest BCUT2D eigenvalue weighted by Crippen LogP contribution is 2.15. The van der Waals surface area contributed by atoms with E-state index >= 15 is 0 Å². The highest BCUT2D eigenvalue weighted by Gasteiger charge is 2.12. The Hall–Kier alpha value is -1.64. The highest BCUT2D eigenvalue weighted by atomic mass is 19.1. The number of ether oxygens (including phenoxy) is 1. The largest absolute Gasteiger partial charge is 0.462 e. The minimum absolute atomic E-state index is 0.0487. The van der Waals surface area contributed by atoms with Crippen LogP contribution in [0.5, 0.6) is 0 Å². The lowest BCUT2D eigenvalue weighted by atomic mass is 10.1. The summed E-state index contributed by atoms with van der Waals surface area (Å²) in [6.45, 7) is 1.92. The van der Waals surface area contributed by atoms with E-state index in [2.05, 4.69) is 0 Å². The lowest BCUT2D eigenvalue weighted by Gasteiger charge is -2.04. The second kappa shape index (κ2) is 5.17. The van der Waals surface area contributed by atoms with E-state index in [-0.39, 0.29) is 18.5 Å². The molecule has 0 radical (unpaired) electrons. The van der Waals surface area contributed by atoms with Crippen molar-refractivity contribution in [1.29, 1.82) is 0 Å². The van der Waals surface area contributed by atoms with Gasteiger partial charge in [-0.15, -0.1) is 0 Å². The Kier molecular flexibility index (Phi) is 3.85. The van der Waals surface area contributed by atoms with E-state index in [1.165, 1.54) is 0 Å². The lowest BCUT2D eigenvalue weighted by molar-refractivity contribution is -0.136. The van der Waals surface area contributed by atoms with Crippen molar-refractivity contribution in [3.8, 4) is 0 Å². The molecule has 74 valence electrons. The van der Waals surface area contributed by atoms with Gasteiger partial charge in [0, 0.05) is 0 Å². The van der Waals surface area contributed by atoms with Gasteiger partial charge in [-0.3, -0.25) is 0 Å². The molecule has 0 aromatic heterocycles. The Balaban J connectivity index is 2.89. The van der Waals surface area contributed by atoms with Crippen LogP contribution in [-0.2, 0) is 9.53 Å². The molecule has 3 heteroatoms. The Morgan fingerprint density at radius 1 is 1.43 bits per heavy atom. The van der Waals surface area contributed by atoms with Crippen LogP contribution in [-0.4, -0.2) is 12.6 Å². The van der Waals surface area contributed by atoms with E-state index in [0.29, 0.717) is 5.56 Å². The summed E-state index contributed by atoms with van der Waals surface area (Å²) in [7, 11) is 0. The first-order valence-electron chi connectivity index (χ1n) is 4.32. The SMILES string of the molecule is CCOC(=O)C(=CF)c1ccccc1. The van der Waals surface area contributed by atoms with Gasteiger partial charge in [-0.25, -0.2) is 9.18 Å². The molecule has 0 fully saturated rings. The molecule has 1 rings (SSSR count). The Labute approximate surface area is 82.0 Å². The molecular weight excluding hydrogens is 183 g/mol. The number of halogens is 1. The molecule has 0 N–H and O–H groups in total. The fraction of sp³-hybridized carbons (Fsp3) is 0.182. The number of carbonyl (C=O) groups excluding carboxylic acids is 1. The van der Waals surface area contributed by atoms with Gasteiger partial charge in [0.05, 0.1) is 12.2 Å². The van der Waals surface area contributed by atoms with Crippen LogP contribution in [0.4, 0.5) is 4.39 Å². The highest BCUT2D eigenvalue weighted by molar-refractivity contribution is 6.16. The summed E-state index contributed by atoms with van der Waals surface area (Å²) in [5.74, 6) is -0.638. The molecule has 0 aliphatic rings. The van der Waals surface area contributed by atoms with Gasteiger partial charge in [0.25, 0.3) is 0 Å². The molecule has 0 unspecified atom stereocenters. The minimum Gasteiger partial charge on any atom is -0.462 e. The first-order valence-corrected chi connectivity index (χ1v) is 4.32. The van der Waals surface area contributed by atoms with Crippen LogP contribution in [0.3, 0.4) is 0 Å². The van der Waals surface area contributed by atoms with Crippen LogP contribution >= 0.6 is 0 Å². The van der Waals surface area contributed by atoms with Gasteiger partial charge >= 0.3 is 5.97 Å². The van der Waals surface area contributed by atoms with Crippen LogP contribution in [0, 0.1) is 0 Å². The molecule has 1 aromatic carbocycles. The molecule has 14 heavy (non-hydrogen) atoms. The van der Waals surface area contributed by atoms with Crippen LogP contribution in [0.2, 0.25) is 0 Å². The summed E-state index contributed by atoms with van der Waals surface area (Å²) in [5, 5.41) is 0. The second-order valence-corrected chi connectivity index (χ2v) is 2.61. The minimum atomic E-state index is -0.638. The van der Waals surface area contributed by atoms with Crippen molar-refractivity contribution in [2.24, 2.45) is 0 Å². The summed E-state index contributed by atoms with van der Waals surface area (Å²) in [5.41, 5.74) is 0.473. The summed E-state index contributed by atoms with van der Waals surface area (Å²) in [6, 6.07) is 8.57. The number of carbonyl (C=O) groups is 1. The molecule has 0 heterocycles. The van der Waals surface area contributed by atoms with Gasteiger partial charge in [-0.05, 0) is 12.5 Å². The predicted octanol–water partition coefficient (Wildman–Crippen LogP) is 2.56. The Bertz CT molecular complexity index is 330. The first kappa shape index (κ1) is 10.4. The summed E-state index contributed by atoms with van der Waals surface area (Å²) in [4.78, 5) is 11.2. The molecule has 0 atom stereocenters. The third kappa shape index (κ3) is 2.42. The second-order valence-electron chi connectivity index (χ2n) is 2.61. The van der Waals surface area contributed by atoms with E-state index in [4.69, 9.17) is 4.74 Å². The van der Waals surface area contributed by atoms with E-state index in [1.807, 2.05) is 0 Å². The standard InChI is InChI=1S/C11H11FO2/c1-2-14-11(13)10(8-12)9-6-4-3-5-7-9/h3-8H,2H2,1H3. The fourth-order valence-corrected chi connectivity index (χ4v) is 1.05. The zero-order chi connectivity index (χ0) is 10.4. The summed E-state index contributed by atoms with van der Waals surface area (Å²) in [6.07, 6.45) is 0.271. The maximum absolute atomic E-state index is 12.5. The van der Waals surface area contributed by atoms with Crippen molar-refractivity contribution in [3.05, 3.63) is 42.2 Å². The molecule has 0 saturated carbocycles. The zero-order valence-electron chi connectivity index (χ0n) is 7.87. The molecule has 0 saturated heterocycles. The molecule has 0 aliphatic heterocycles. The van der Waals surface area contributed by atoms with Gasteiger partial charge in [-0.2, -0.15) is 0 Å². The average molecular weight is 194 g/mol. The van der Waals surface area contributed by atoms with Crippen LogP contribution in [0.25, 0.3) is 5.57 Å². The summed E-state index contributed by atoms with van der Waals surface area (Å²) >= 11 is 0. The van der Waals surface area contributed by atoms with Crippen molar-refractivity contribution in [1.82, 2.24) is 0 Å². The third-order valence-electron chi connectivity index (χ3n) is 1.69. The Morgan fingerprint density at radius 2 is 2.07 bits per heavy atom.